The maximum Gasteiger partial charge on any atom is 0.261 e. The number of rotatable bonds is 11. The van der Waals surface area contributed by atoms with E-state index in [0.717, 1.165) is 35.4 Å². The van der Waals surface area contributed by atoms with Gasteiger partial charge in [0.25, 0.3) is 5.91 Å². The molecule has 0 spiro atoms. The summed E-state index contributed by atoms with van der Waals surface area (Å²) in [5, 5.41) is 3.90. The molecule has 2 aromatic heterocycles. The molecule has 3 rings (SSSR count). The predicted octanol–water partition coefficient (Wildman–Crippen LogP) is 3.98. The van der Waals surface area contributed by atoms with Gasteiger partial charge < -0.3 is 19.5 Å². The number of hydrogen-bond acceptors (Lipinski definition) is 8. The van der Waals surface area contributed by atoms with E-state index < -0.39 is 0 Å². The van der Waals surface area contributed by atoms with Crippen LogP contribution in [0.25, 0.3) is 10.2 Å². The van der Waals surface area contributed by atoms with E-state index in [9.17, 15) is 4.79 Å². The third-order valence-electron chi connectivity index (χ3n) is 5.66. The smallest absolute Gasteiger partial charge is 0.261 e. The largest absolute Gasteiger partial charge is 0.497 e. The van der Waals surface area contributed by atoms with Gasteiger partial charge in [-0.3, -0.25) is 9.69 Å². The number of fused-ring (bicyclic) bond motifs is 1. The van der Waals surface area contributed by atoms with Gasteiger partial charge in [-0.05, 0) is 43.3 Å². The number of methoxy groups -OCH3 is 3. The Balaban J connectivity index is 1.89. The Morgan fingerprint density at radius 3 is 2.55 bits per heavy atom. The van der Waals surface area contributed by atoms with Crippen molar-refractivity contribution >= 4 is 27.5 Å². The minimum absolute atomic E-state index is 0.0244. The van der Waals surface area contributed by atoms with E-state index in [4.69, 9.17) is 14.2 Å². The van der Waals surface area contributed by atoms with Crippen LogP contribution in [0.5, 0.6) is 11.6 Å². The number of ether oxygens (including phenoxy) is 3. The van der Waals surface area contributed by atoms with E-state index in [1.54, 1.807) is 21.3 Å². The molecule has 0 aliphatic rings. The van der Waals surface area contributed by atoms with E-state index in [2.05, 4.69) is 40.1 Å². The maximum atomic E-state index is 13.2. The molecule has 1 N–H and O–H groups in total. The van der Waals surface area contributed by atoms with Crippen LogP contribution in [0, 0.1) is 6.92 Å². The quantitative estimate of drug-likeness (QED) is 0.452. The summed E-state index contributed by atoms with van der Waals surface area (Å²) < 4.78 is 16.0. The second-order valence-electron chi connectivity index (χ2n) is 7.54. The highest BCUT2D eigenvalue weighted by atomic mass is 32.1. The topological polar surface area (TPSA) is 85.8 Å². The molecule has 33 heavy (non-hydrogen) atoms. The van der Waals surface area contributed by atoms with Crippen molar-refractivity contribution in [3.8, 4) is 11.6 Å². The molecule has 1 aromatic carbocycles. The molecule has 0 fully saturated rings. The fourth-order valence-electron chi connectivity index (χ4n) is 3.94. The van der Waals surface area contributed by atoms with Crippen molar-refractivity contribution in [2.45, 2.75) is 33.4 Å². The number of nitrogens with zero attached hydrogens (tertiary/aromatic N) is 3. The summed E-state index contributed by atoms with van der Waals surface area (Å²) in [6, 6.07) is 8.02. The van der Waals surface area contributed by atoms with Gasteiger partial charge in [-0.2, -0.15) is 4.98 Å². The number of aryl methyl sites for hydroxylation is 1. The highest BCUT2D eigenvalue weighted by Gasteiger charge is 2.24. The van der Waals surface area contributed by atoms with E-state index in [1.807, 2.05) is 25.1 Å². The van der Waals surface area contributed by atoms with Crippen molar-refractivity contribution in [2.24, 2.45) is 0 Å². The van der Waals surface area contributed by atoms with Gasteiger partial charge in [0.05, 0.1) is 30.5 Å². The molecular formula is C24H32N4O4S. The number of carbonyl (C=O) groups is 1. The van der Waals surface area contributed by atoms with Gasteiger partial charge in [0.1, 0.15) is 17.2 Å². The van der Waals surface area contributed by atoms with Gasteiger partial charge in [0, 0.05) is 13.7 Å². The van der Waals surface area contributed by atoms with Crippen LogP contribution in [0.3, 0.4) is 0 Å². The molecule has 0 aliphatic heterocycles. The Bertz CT molecular complexity index is 1100. The molecule has 0 bridgehead atoms. The predicted molar refractivity (Wildman–Crippen MR) is 130 cm³/mol. The van der Waals surface area contributed by atoms with Crippen molar-refractivity contribution in [1.29, 1.82) is 0 Å². The first-order valence-electron chi connectivity index (χ1n) is 11.0. The molecule has 0 radical (unpaired) electrons. The van der Waals surface area contributed by atoms with E-state index >= 15 is 0 Å². The van der Waals surface area contributed by atoms with Gasteiger partial charge in [0.15, 0.2) is 5.82 Å². The summed E-state index contributed by atoms with van der Waals surface area (Å²) in [5.41, 5.74) is 1.91. The van der Waals surface area contributed by atoms with Gasteiger partial charge in [0.2, 0.25) is 5.88 Å². The number of hydrogen-bond donors (Lipinski definition) is 1. The van der Waals surface area contributed by atoms with Crippen LogP contribution >= 0.6 is 11.3 Å². The number of carbonyl (C=O) groups excluding carboxylic acids is 1. The minimum Gasteiger partial charge on any atom is -0.497 e. The fraction of sp³-hybridized carbons (Fsp3) is 0.458. The van der Waals surface area contributed by atoms with Crippen LogP contribution < -0.4 is 14.8 Å². The standard InChI is InChI=1S/C24H32N4O4S/c1-7-28(8-2)18(16-10-9-11-17(12-16)31-5)13-25-22(29)21-15(3)20-23(32-6)26-19(14-30-4)27-24(20)33-21/h9-12,18H,7-8,13-14H2,1-6H3,(H,25,29). The third-order valence-corrected chi connectivity index (χ3v) is 6.85. The Morgan fingerprint density at radius 2 is 1.91 bits per heavy atom. The molecule has 0 saturated heterocycles. The summed E-state index contributed by atoms with van der Waals surface area (Å²) >= 11 is 1.34. The van der Waals surface area contributed by atoms with Crippen LogP contribution in [-0.4, -0.2) is 61.7 Å². The minimum atomic E-state index is -0.133. The molecule has 1 atom stereocenters. The van der Waals surface area contributed by atoms with Crippen LogP contribution in [0.2, 0.25) is 0 Å². The summed E-state index contributed by atoms with van der Waals surface area (Å²) in [6.07, 6.45) is 0. The second-order valence-corrected chi connectivity index (χ2v) is 8.54. The Labute approximate surface area is 198 Å². The third kappa shape index (κ3) is 5.43. The van der Waals surface area contributed by atoms with E-state index in [0.29, 0.717) is 28.0 Å². The van der Waals surface area contributed by atoms with E-state index in [-0.39, 0.29) is 18.6 Å². The zero-order valence-corrected chi connectivity index (χ0v) is 20.9. The van der Waals surface area contributed by atoms with E-state index in [1.165, 1.54) is 11.3 Å². The average molecular weight is 473 g/mol. The molecule has 178 valence electrons. The van der Waals surface area contributed by atoms with Crippen molar-refractivity contribution in [3.05, 3.63) is 46.1 Å². The molecular weight excluding hydrogens is 440 g/mol. The zero-order valence-electron chi connectivity index (χ0n) is 20.1. The van der Waals surface area contributed by atoms with Gasteiger partial charge in [-0.1, -0.05) is 26.0 Å². The molecule has 2 heterocycles. The number of aromatic nitrogens is 2. The fourth-order valence-corrected chi connectivity index (χ4v) is 5.05. The average Bonchev–Trinajstić information content (AvgIpc) is 3.17. The van der Waals surface area contributed by atoms with Crippen LogP contribution in [0.1, 0.15) is 46.5 Å². The molecule has 9 heteroatoms. The first-order chi connectivity index (χ1) is 16.0. The molecule has 0 saturated carbocycles. The highest BCUT2D eigenvalue weighted by molar-refractivity contribution is 7.20. The number of benzene rings is 1. The zero-order chi connectivity index (χ0) is 24.0. The lowest BCUT2D eigenvalue weighted by molar-refractivity contribution is 0.0938. The van der Waals surface area contributed by atoms with Crippen molar-refractivity contribution in [1.82, 2.24) is 20.2 Å². The lowest BCUT2D eigenvalue weighted by Crippen LogP contribution is -2.38. The van der Waals surface area contributed by atoms with Crippen LogP contribution in [0.15, 0.2) is 24.3 Å². The summed E-state index contributed by atoms with van der Waals surface area (Å²) in [6.45, 7) is 8.63. The second kappa shape index (κ2) is 11.4. The summed E-state index contributed by atoms with van der Waals surface area (Å²) in [7, 11) is 4.82. The molecule has 3 aromatic rings. The Kier molecular flexibility index (Phi) is 8.60. The summed E-state index contributed by atoms with van der Waals surface area (Å²) in [4.78, 5) is 25.9. The van der Waals surface area contributed by atoms with Crippen molar-refractivity contribution < 1.29 is 19.0 Å². The number of nitrogens with one attached hydrogen (secondary N) is 1. The molecule has 1 amide bonds. The maximum absolute atomic E-state index is 13.2. The molecule has 1 unspecified atom stereocenters. The molecule has 8 nitrogen and oxygen atoms in total. The number of thiophene rings is 1. The first-order valence-corrected chi connectivity index (χ1v) is 11.8. The van der Waals surface area contributed by atoms with Gasteiger partial charge >= 0.3 is 0 Å². The van der Waals surface area contributed by atoms with Crippen molar-refractivity contribution in [2.75, 3.05) is 41.0 Å². The normalized spacial score (nSPS) is 12.2. The van der Waals surface area contributed by atoms with Gasteiger partial charge in [-0.25, -0.2) is 4.98 Å². The number of likely N-dealkylation sites (N-methyl/N-ethyl adjacent to an activating group) is 1. The Hall–Kier alpha value is -2.75. The van der Waals surface area contributed by atoms with Crippen LogP contribution in [-0.2, 0) is 11.3 Å². The summed E-state index contributed by atoms with van der Waals surface area (Å²) in [5.74, 6) is 1.65. The molecule has 0 aliphatic carbocycles. The Morgan fingerprint density at radius 1 is 1.15 bits per heavy atom. The SMILES string of the molecule is CCN(CC)C(CNC(=O)c1sc2nc(COC)nc(OC)c2c1C)c1cccc(OC)c1. The highest BCUT2D eigenvalue weighted by Crippen LogP contribution is 2.35. The van der Waals surface area contributed by atoms with Crippen LogP contribution in [0.4, 0.5) is 0 Å². The monoisotopic (exact) mass is 472 g/mol. The lowest BCUT2D eigenvalue weighted by Gasteiger charge is -2.30. The lowest BCUT2D eigenvalue weighted by atomic mass is 10.0. The van der Waals surface area contributed by atoms with Gasteiger partial charge in [-0.15, -0.1) is 11.3 Å². The first kappa shape index (κ1) is 24.9. The number of amides is 1. The van der Waals surface area contributed by atoms with Crippen molar-refractivity contribution in [3.63, 3.8) is 0 Å².